The Kier molecular flexibility index (Phi) is 17.8. The molecule has 290 valence electrons. The van der Waals surface area contributed by atoms with E-state index in [1.165, 1.54) is 11.8 Å². The second kappa shape index (κ2) is 22.0. The molecule has 21 nitrogen and oxygen atoms in total. The van der Waals surface area contributed by atoms with Crippen LogP contribution in [-0.2, 0) is 54.4 Å². The van der Waals surface area contributed by atoms with E-state index in [4.69, 9.17) is 16.6 Å². The van der Waals surface area contributed by atoms with Crippen molar-refractivity contribution in [1.29, 1.82) is 0 Å². The molecule has 12 N–H and O–H groups in total. The molecule has 21 heteroatoms. The number of aliphatic carboxylic acids is 1. The van der Waals surface area contributed by atoms with Crippen LogP contribution in [0.25, 0.3) is 0 Å². The van der Waals surface area contributed by atoms with E-state index in [1.807, 2.05) is 0 Å². The van der Waals surface area contributed by atoms with Crippen molar-refractivity contribution < 1.29 is 53.1 Å². The maximum Gasteiger partial charge on any atom is 0.322 e. The Balaban J connectivity index is 1.91. The summed E-state index contributed by atoms with van der Waals surface area (Å²) in [4.78, 5) is 124. The number of likely N-dealkylation sites (tertiary alicyclic amines) is 1. The van der Waals surface area contributed by atoms with Crippen LogP contribution < -0.4 is 48.7 Å². The number of amides is 9. The minimum absolute atomic E-state index is 0.00110. The predicted octanol–water partition coefficient (Wildman–Crippen LogP) is -5.53. The van der Waals surface area contributed by atoms with Crippen molar-refractivity contribution >= 4 is 59.1 Å². The first-order valence-corrected chi connectivity index (χ1v) is 16.6. The average Bonchev–Trinajstić information content (AvgIpc) is 3.62. The average molecular weight is 747 g/mol. The highest BCUT2D eigenvalue weighted by atomic mass is 16.4. The van der Waals surface area contributed by atoms with Gasteiger partial charge in [-0.1, -0.05) is 30.3 Å². The molecule has 1 fully saturated rings. The van der Waals surface area contributed by atoms with Crippen molar-refractivity contribution in [3.05, 3.63) is 35.9 Å². The highest BCUT2D eigenvalue weighted by Crippen LogP contribution is 2.17. The van der Waals surface area contributed by atoms with Gasteiger partial charge < -0.3 is 58.7 Å². The molecule has 0 saturated carbocycles. The van der Waals surface area contributed by atoms with Crippen molar-refractivity contribution in [2.75, 3.05) is 39.3 Å². The van der Waals surface area contributed by atoms with E-state index < -0.39 is 104 Å². The van der Waals surface area contributed by atoms with Crippen LogP contribution in [0.4, 0.5) is 0 Å². The van der Waals surface area contributed by atoms with Gasteiger partial charge in [0.1, 0.15) is 30.7 Å². The zero-order valence-corrected chi connectivity index (χ0v) is 29.1. The van der Waals surface area contributed by atoms with E-state index in [0.29, 0.717) is 24.9 Å². The first kappa shape index (κ1) is 43.0. The standard InChI is InChI=1S/C32H46N10O11/c1-18(29(50)41-20(9-10-23(34)43)30(51)38-17-28(48)49)39-25(45)16-36-31(52)21(12-19-6-3-2-4-7-19)40-26(46)15-35-24(44)14-37-32(53)22-8-5-11-42(22)27(47)13-33/h2-4,6-7,18,20-22H,5,8-17,33H2,1H3,(H2,34,43)(H,35,44)(H,36,52)(H,37,53)(H,38,51)(H,39,45)(H,40,46)(H,41,50)(H,48,49)/t18-,20-,21-,22-/m0/s1. The van der Waals surface area contributed by atoms with Gasteiger partial charge in [0.15, 0.2) is 0 Å². The SMILES string of the molecule is C[C@H](NC(=O)CNC(=O)[C@H](Cc1ccccc1)NC(=O)CNC(=O)CNC(=O)[C@@H]1CCCN1C(=O)CN)C(=O)N[C@@H](CCC(N)=O)C(=O)NCC(=O)O. The molecule has 0 spiro atoms. The third kappa shape index (κ3) is 15.8. The maximum atomic E-state index is 13.1. The Morgan fingerprint density at radius 3 is 2.02 bits per heavy atom. The van der Waals surface area contributed by atoms with Crippen molar-refractivity contribution in [3.8, 4) is 0 Å². The van der Waals surface area contributed by atoms with E-state index in [0.717, 1.165) is 0 Å². The summed E-state index contributed by atoms with van der Waals surface area (Å²) in [6, 6.07) is 4.03. The number of hydrogen-bond donors (Lipinski definition) is 10. The number of carbonyl (C=O) groups excluding carboxylic acids is 9. The largest absolute Gasteiger partial charge is 0.480 e. The second-order valence-electron chi connectivity index (χ2n) is 11.9. The van der Waals surface area contributed by atoms with Gasteiger partial charge >= 0.3 is 5.97 Å². The molecular formula is C32H46N10O11. The number of carboxylic acids is 1. The van der Waals surface area contributed by atoms with Gasteiger partial charge in [-0.15, -0.1) is 0 Å². The quantitative estimate of drug-likeness (QED) is 0.0563. The molecule has 1 saturated heterocycles. The maximum absolute atomic E-state index is 13.1. The minimum atomic E-state index is -1.34. The molecule has 0 bridgehead atoms. The van der Waals surface area contributed by atoms with Gasteiger partial charge in [-0.05, 0) is 31.7 Å². The van der Waals surface area contributed by atoms with Gasteiger partial charge in [-0.25, -0.2) is 0 Å². The third-order valence-electron chi connectivity index (χ3n) is 7.77. The molecule has 1 aromatic carbocycles. The Bertz CT molecular complexity index is 1520. The summed E-state index contributed by atoms with van der Waals surface area (Å²) in [6.45, 7) is -1.00. The van der Waals surface area contributed by atoms with E-state index in [1.54, 1.807) is 30.3 Å². The van der Waals surface area contributed by atoms with Gasteiger partial charge in [0.25, 0.3) is 0 Å². The van der Waals surface area contributed by atoms with E-state index in [9.17, 15) is 47.9 Å². The fraction of sp³-hybridized carbons (Fsp3) is 0.500. The lowest BCUT2D eigenvalue weighted by Gasteiger charge is -2.23. The molecule has 0 unspecified atom stereocenters. The number of nitrogens with two attached hydrogens (primary N) is 2. The van der Waals surface area contributed by atoms with Gasteiger partial charge in [0, 0.05) is 19.4 Å². The lowest BCUT2D eigenvalue weighted by atomic mass is 10.1. The fourth-order valence-corrected chi connectivity index (χ4v) is 5.07. The molecule has 2 rings (SSSR count). The van der Waals surface area contributed by atoms with E-state index in [-0.39, 0.29) is 31.7 Å². The number of benzene rings is 1. The number of primary amides is 1. The molecule has 0 aromatic heterocycles. The monoisotopic (exact) mass is 746 g/mol. The first-order valence-electron chi connectivity index (χ1n) is 16.6. The summed E-state index contributed by atoms with van der Waals surface area (Å²) in [5.74, 6) is -7.84. The van der Waals surface area contributed by atoms with Crippen LogP contribution in [0, 0.1) is 0 Å². The second-order valence-corrected chi connectivity index (χ2v) is 11.9. The van der Waals surface area contributed by atoms with Gasteiger partial charge in [-0.2, -0.15) is 0 Å². The molecule has 4 atom stereocenters. The predicted molar refractivity (Wildman–Crippen MR) is 184 cm³/mol. The lowest BCUT2D eigenvalue weighted by Crippen LogP contribution is -2.55. The van der Waals surface area contributed by atoms with E-state index >= 15 is 0 Å². The number of nitrogens with zero attached hydrogens (tertiary/aromatic N) is 1. The van der Waals surface area contributed by atoms with Crippen LogP contribution in [0.2, 0.25) is 0 Å². The normalized spacial score (nSPS) is 15.1. The number of rotatable bonds is 21. The Hall–Kier alpha value is -6.12. The van der Waals surface area contributed by atoms with Crippen LogP contribution in [0.15, 0.2) is 30.3 Å². The lowest BCUT2D eigenvalue weighted by molar-refractivity contribution is -0.138. The summed E-state index contributed by atoms with van der Waals surface area (Å²) >= 11 is 0. The van der Waals surface area contributed by atoms with Crippen LogP contribution >= 0.6 is 0 Å². The van der Waals surface area contributed by atoms with E-state index in [2.05, 4.69) is 37.2 Å². The smallest absolute Gasteiger partial charge is 0.322 e. The Morgan fingerprint density at radius 2 is 1.38 bits per heavy atom. The van der Waals surface area contributed by atoms with Gasteiger partial charge in [-0.3, -0.25) is 47.9 Å². The van der Waals surface area contributed by atoms with Crippen LogP contribution in [0.5, 0.6) is 0 Å². The van der Waals surface area contributed by atoms with Crippen LogP contribution in [0.1, 0.15) is 38.2 Å². The summed E-state index contributed by atoms with van der Waals surface area (Å²) in [6.07, 6.45) is 0.480. The molecule has 1 aromatic rings. The molecule has 1 heterocycles. The zero-order chi connectivity index (χ0) is 39.5. The molecule has 1 aliphatic heterocycles. The molecule has 9 amide bonds. The molecule has 0 aliphatic carbocycles. The van der Waals surface area contributed by atoms with Crippen LogP contribution in [-0.4, -0.2) is 133 Å². The highest BCUT2D eigenvalue weighted by Gasteiger charge is 2.33. The molecule has 1 aliphatic rings. The number of nitrogens with one attached hydrogen (secondary N) is 7. The summed E-state index contributed by atoms with van der Waals surface area (Å²) < 4.78 is 0. The van der Waals surface area contributed by atoms with Crippen LogP contribution in [0.3, 0.4) is 0 Å². The van der Waals surface area contributed by atoms with Gasteiger partial charge in [0.05, 0.1) is 26.2 Å². The number of carbonyl (C=O) groups is 10. The summed E-state index contributed by atoms with van der Waals surface area (Å²) in [5, 5.41) is 25.2. The Morgan fingerprint density at radius 1 is 0.774 bits per heavy atom. The molecule has 0 radical (unpaired) electrons. The minimum Gasteiger partial charge on any atom is -0.480 e. The van der Waals surface area contributed by atoms with Crippen molar-refractivity contribution in [2.45, 2.75) is 63.2 Å². The Labute approximate surface area is 304 Å². The summed E-state index contributed by atoms with van der Waals surface area (Å²) in [5.41, 5.74) is 11.2. The molecule has 53 heavy (non-hydrogen) atoms. The number of carboxylic acid groups (broad SMARTS) is 1. The van der Waals surface area contributed by atoms with Crippen molar-refractivity contribution in [1.82, 2.24) is 42.1 Å². The number of hydrogen-bond acceptors (Lipinski definition) is 11. The highest BCUT2D eigenvalue weighted by molar-refractivity contribution is 5.96. The topological polar surface area (TPSA) is 330 Å². The van der Waals surface area contributed by atoms with Gasteiger partial charge in [0.2, 0.25) is 53.2 Å². The molecular weight excluding hydrogens is 700 g/mol. The third-order valence-corrected chi connectivity index (χ3v) is 7.77. The fourth-order valence-electron chi connectivity index (χ4n) is 5.07. The summed E-state index contributed by atoms with van der Waals surface area (Å²) in [7, 11) is 0. The van der Waals surface area contributed by atoms with Crippen molar-refractivity contribution in [3.63, 3.8) is 0 Å². The van der Waals surface area contributed by atoms with Crippen molar-refractivity contribution in [2.24, 2.45) is 11.5 Å². The zero-order valence-electron chi connectivity index (χ0n) is 29.1. The first-order chi connectivity index (χ1) is 25.1.